The van der Waals surface area contributed by atoms with Crippen LogP contribution in [0.5, 0.6) is 11.5 Å². The van der Waals surface area contributed by atoms with Crippen LogP contribution in [0, 0.1) is 25.7 Å². The zero-order valence-electron chi connectivity index (χ0n) is 17.3. The van der Waals surface area contributed by atoms with E-state index in [1.54, 1.807) is 26.0 Å². The minimum absolute atomic E-state index is 0.135. The molecule has 0 spiro atoms. The molecule has 2 atom stereocenters. The molecule has 1 aliphatic carbocycles. The van der Waals surface area contributed by atoms with Crippen molar-refractivity contribution in [1.82, 2.24) is 0 Å². The van der Waals surface area contributed by atoms with Crippen LogP contribution in [0.15, 0.2) is 24.3 Å². The maximum atomic E-state index is 11.4. The minimum Gasteiger partial charge on any atom is -0.507 e. The molecule has 1 fully saturated rings. The predicted molar refractivity (Wildman–Crippen MR) is 112 cm³/mol. The molecule has 0 aliphatic heterocycles. The Morgan fingerprint density at radius 2 is 1.13 bits per heavy atom. The van der Waals surface area contributed by atoms with Gasteiger partial charge in [0.05, 0.1) is 11.1 Å². The molecule has 6 heteroatoms. The van der Waals surface area contributed by atoms with Gasteiger partial charge in [-0.2, -0.15) is 0 Å². The number of hydrogen-bond acceptors (Lipinski definition) is 4. The van der Waals surface area contributed by atoms with Gasteiger partial charge in [-0.05, 0) is 97.9 Å². The lowest BCUT2D eigenvalue weighted by Crippen LogP contribution is -2.24. The molecule has 2 aromatic rings. The van der Waals surface area contributed by atoms with Crippen molar-refractivity contribution in [3.05, 3.63) is 57.6 Å². The summed E-state index contributed by atoms with van der Waals surface area (Å²) < 4.78 is 0. The van der Waals surface area contributed by atoms with E-state index in [1.165, 1.54) is 12.1 Å². The number of aromatic carboxylic acids is 2. The summed E-state index contributed by atoms with van der Waals surface area (Å²) in [7, 11) is 0. The van der Waals surface area contributed by atoms with Gasteiger partial charge in [-0.25, -0.2) is 9.59 Å². The molecule has 160 valence electrons. The molecule has 4 N–H and O–H groups in total. The van der Waals surface area contributed by atoms with E-state index in [1.807, 2.05) is 0 Å². The summed E-state index contributed by atoms with van der Waals surface area (Å²) in [5.41, 5.74) is 2.66. The average Bonchev–Trinajstić information content (AvgIpc) is 2.69. The van der Waals surface area contributed by atoms with Crippen LogP contribution in [-0.2, 0) is 12.8 Å². The Morgan fingerprint density at radius 1 is 0.767 bits per heavy atom. The Hall–Kier alpha value is -3.02. The monoisotopic (exact) mass is 412 g/mol. The predicted octanol–water partition coefficient (Wildman–Crippen LogP) is 4.70. The quantitative estimate of drug-likeness (QED) is 0.546. The summed E-state index contributed by atoms with van der Waals surface area (Å²) in [6.07, 6.45) is 5.10. The number of carbonyl (C=O) groups is 2. The second-order valence-electron chi connectivity index (χ2n) is 8.42. The molecule has 0 bridgehead atoms. The van der Waals surface area contributed by atoms with Crippen LogP contribution in [0.3, 0.4) is 0 Å². The molecule has 2 unspecified atom stereocenters. The summed E-state index contributed by atoms with van der Waals surface area (Å²) in [6.45, 7) is 3.39. The Labute approximate surface area is 175 Å². The zero-order chi connectivity index (χ0) is 22.0. The first-order valence-corrected chi connectivity index (χ1v) is 10.3. The number of phenolic OH excluding ortho intramolecular Hbond substituents is 2. The molecule has 2 aromatic carbocycles. The molecule has 6 nitrogen and oxygen atoms in total. The third kappa shape index (κ3) is 4.58. The molecular weight excluding hydrogens is 384 g/mol. The van der Waals surface area contributed by atoms with Gasteiger partial charge in [0.1, 0.15) is 11.5 Å². The molecule has 1 aliphatic rings. The molecule has 0 saturated heterocycles. The van der Waals surface area contributed by atoms with Gasteiger partial charge in [-0.15, -0.1) is 0 Å². The fourth-order valence-electron chi connectivity index (χ4n) is 4.65. The molecule has 30 heavy (non-hydrogen) atoms. The van der Waals surface area contributed by atoms with Crippen molar-refractivity contribution < 1.29 is 30.0 Å². The van der Waals surface area contributed by atoms with Crippen molar-refractivity contribution >= 4 is 11.9 Å². The third-order valence-corrected chi connectivity index (χ3v) is 6.28. The average molecular weight is 412 g/mol. The summed E-state index contributed by atoms with van der Waals surface area (Å²) in [5, 5.41) is 39.7. The van der Waals surface area contributed by atoms with Crippen molar-refractivity contribution in [2.45, 2.75) is 52.4 Å². The fraction of sp³-hybridized carbons (Fsp3) is 0.417. The zero-order valence-corrected chi connectivity index (χ0v) is 17.3. The number of aromatic hydroxyl groups is 2. The third-order valence-electron chi connectivity index (χ3n) is 6.28. The van der Waals surface area contributed by atoms with E-state index in [-0.39, 0.29) is 34.5 Å². The van der Waals surface area contributed by atoms with Gasteiger partial charge in [0.15, 0.2) is 0 Å². The van der Waals surface area contributed by atoms with Gasteiger partial charge < -0.3 is 20.4 Å². The van der Waals surface area contributed by atoms with Crippen molar-refractivity contribution in [2.24, 2.45) is 11.8 Å². The van der Waals surface area contributed by atoms with E-state index in [0.29, 0.717) is 35.1 Å². The smallest absolute Gasteiger partial charge is 0.335 e. The number of hydrogen-bond donors (Lipinski definition) is 4. The van der Waals surface area contributed by atoms with Crippen molar-refractivity contribution in [2.75, 3.05) is 0 Å². The Balaban J connectivity index is 1.88. The molecule has 0 heterocycles. The SMILES string of the molecule is Cc1cc(C(=O)O)cc(CC2CCCCC2Cc2cc(C(=O)O)cc(C)c2O)c1O. The van der Waals surface area contributed by atoms with E-state index < -0.39 is 11.9 Å². The van der Waals surface area contributed by atoms with Gasteiger partial charge in [-0.3, -0.25) is 0 Å². The number of phenols is 2. The maximum Gasteiger partial charge on any atom is 0.335 e. The minimum atomic E-state index is -1.02. The van der Waals surface area contributed by atoms with Crippen LogP contribution >= 0.6 is 0 Å². The van der Waals surface area contributed by atoms with Crippen molar-refractivity contribution in [3.63, 3.8) is 0 Å². The van der Waals surface area contributed by atoms with E-state index >= 15 is 0 Å². The maximum absolute atomic E-state index is 11.4. The Morgan fingerprint density at radius 3 is 1.47 bits per heavy atom. The van der Waals surface area contributed by atoms with E-state index in [0.717, 1.165) is 25.7 Å². The van der Waals surface area contributed by atoms with Crippen molar-refractivity contribution in [1.29, 1.82) is 0 Å². The Kier molecular flexibility index (Phi) is 6.34. The lowest BCUT2D eigenvalue weighted by Gasteiger charge is -2.32. The largest absolute Gasteiger partial charge is 0.507 e. The van der Waals surface area contributed by atoms with Crippen LogP contribution < -0.4 is 0 Å². The number of aryl methyl sites for hydroxylation is 2. The van der Waals surface area contributed by atoms with Gasteiger partial charge >= 0.3 is 11.9 Å². The molecule has 1 saturated carbocycles. The van der Waals surface area contributed by atoms with Crippen LogP contribution in [0.4, 0.5) is 0 Å². The first-order valence-electron chi connectivity index (χ1n) is 10.3. The summed E-state index contributed by atoms with van der Waals surface area (Å²) in [4.78, 5) is 22.8. The van der Waals surface area contributed by atoms with Crippen LogP contribution in [0.1, 0.15) is 68.7 Å². The lowest BCUT2D eigenvalue weighted by molar-refractivity contribution is 0.0685. The van der Waals surface area contributed by atoms with E-state index in [4.69, 9.17) is 0 Å². The number of carboxylic acid groups (broad SMARTS) is 2. The van der Waals surface area contributed by atoms with E-state index in [2.05, 4.69) is 0 Å². The fourth-order valence-corrected chi connectivity index (χ4v) is 4.65. The van der Waals surface area contributed by atoms with Crippen LogP contribution in [-0.4, -0.2) is 32.4 Å². The first-order chi connectivity index (χ1) is 14.2. The highest BCUT2D eigenvalue weighted by atomic mass is 16.4. The second kappa shape index (κ2) is 8.78. The second-order valence-corrected chi connectivity index (χ2v) is 8.42. The lowest BCUT2D eigenvalue weighted by atomic mass is 9.73. The highest BCUT2D eigenvalue weighted by molar-refractivity contribution is 5.89. The number of rotatable bonds is 6. The molecule has 0 aromatic heterocycles. The summed E-state index contributed by atoms with van der Waals surface area (Å²) >= 11 is 0. The number of benzene rings is 2. The molecule has 0 amide bonds. The van der Waals surface area contributed by atoms with Crippen LogP contribution in [0.25, 0.3) is 0 Å². The van der Waals surface area contributed by atoms with Gasteiger partial charge in [0.25, 0.3) is 0 Å². The van der Waals surface area contributed by atoms with Gasteiger partial charge in [-0.1, -0.05) is 12.8 Å². The topological polar surface area (TPSA) is 115 Å². The van der Waals surface area contributed by atoms with E-state index in [9.17, 15) is 30.0 Å². The van der Waals surface area contributed by atoms with Gasteiger partial charge in [0, 0.05) is 0 Å². The Bertz CT molecular complexity index is 899. The summed E-state index contributed by atoms with van der Waals surface area (Å²) in [6, 6.07) is 6.03. The highest BCUT2D eigenvalue weighted by Gasteiger charge is 2.28. The molecule has 0 radical (unpaired) electrons. The number of carboxylic acids is 2. The summed E-state index contributed by atoms with van der Waals surface area (Å²) in [5.74, 6) is -1.36. The normalized spacial score (nSPS) is 18.9. The molecular formula is C24H28O6. The molecule has 3 rings (SSSR count). The van der Waals surface area contributed by atoms with Gasteiger partial charge in [0.2, 0.25) is 0 Å². The standard InChI is InChI=1S/C24H28O6/c1-13-7-19(23(27)28)11-17(21(13)25)9-15-5-3-4-6-16(15)10-18-12-20(24(29)30)8-14(2)22(18)26/h7-8,11-12,15-16,25-26H,3-6,9-10H2,1-2H3,(H,27,28)(H,29,30). The van der Waals surface area contributed by atoms with Crippen molar-refractivity contribution in [3.8, 4) is 11.5 Å². The van der Waals surface area contributed by atoms with Crippen LogP contribution in [0.2, 0.25) is 0 Å². The first kappa shape index (κ1) is 21.7. The highest BCUT2D eigenvalue weighted by Crippen LogP contribution is 2.39.